The lowest BCUT2D eigenvalue weighted by Crippen LogP contribution is -2.36. The number of nitrogens with zero attached hydrogens (tertiary/aromatic N) is 3. The summed E-state index contributed by atoms with van der Waals surface area (Å²) in [6, 6.07) is 5.50. The SMILES string of the molecule is COc1ccc2c(c1)/C(=N\OCC(=O)O)C(C)(C)c1c(N)ncnc1-2. The van der Waals surface area contributed by atoms with Crippen LogP contribution in [0.3, 0.4) is 0 Å². The number of nitrogens with two attached hydrogens (primary N) is 1. The lowest BCUT2D eigenvalue weighted by molar-refractivity contribution is -0.142. The Labute approximate surface area is 144 Å². The smallest absolute Gasteiger partial charge is 0.344 e. The minimum atomic E-state index is -1.10. The van der Waals surface area contributed by atoms with Crippen LogP contribution >= 0.6 is 0 Å². The molecule has 3 rings (SSSR count). The summed E-state index contributed by atoms with van der Waals surface area (Å²) in [5.74, 6) is -0.111. The van der Waals surface area contributed by atoms with Crippen molar-refractivity contribution in [2.24, 2.45) is 5.16 Å². The van der Waals surface area contributed by atoms with E-state index in [0.717, 1.165) is 16.7 Å². The third-order valence-electron chi connectivity index (χ3n) is 4.17. The van der Waals surface area contributed by atoms with E-state index < -0.39 is 18.0 Å². The topological polar surface area (TPSA) is 120 Å². The number of aromatic nitrogens is 2. The number of carbonyl (C=O) groups is 1. The zero-order valence-electron chi connectivity index (χ0n) is 14.1. The van der Waals surface area contributed by atoms with E-state index in [2.05, 4.69) is 15.1 Å². The number of hydrogen-bond donors (Lipinski definition) is 2. The van der Waals surface area contributed by atoms with Crippen LogP contribution in [0.1, 0.15) is 25.0 Å². The highest BCUT2D eigenvalue weighted by molar-refractivity contribution is 6.15. The fourth-order valence-electron chi connectivity index (χ4n) is 3.04. The number of oxime groups is 1. The van der Waals surface area contributed by atoms with Crippen LogP contribution in [0.2, 0.25) is 0 Å². The van der Waals surface area contributed by atoms with E-state index in [1.807, 2.05) is 32.0 Å². The molecule has 0 bridgehead atoms. The van der Waals surface area contributed by atoms with Crippen LogP contribution in [0.5, 0.6) is 5.75 Å². The van der Waals surface area contributed by atoms with Crippen molar-refractivity contribution in [2.45, 2.75) is 19.3 Å². The van der Waals surface area contributed by atoms with Crippen molar-refractivity contribution in [3.05, 3.63) is 35.7 Å². The van der Waals surface area contributed by atoms with Crippen molar-refractivity contribution >= 4 is 17.5 Å². The van der Waals surface area contributed by atoms with Gasteiger partial charge < -0.3 is 20.4 Å². The summed E-state index contributed by atoms with van der Waals surface area (Å²) >= 11 is 0. The molecule has 1 aliphatic rings. The van der Waals surface area contributed by atoms with Gasteiger partial charge in [0.1, 0.15) is 17.9 Å². The summed E-state index contributed by atoms with van der Waals surface area (Å²) in [5, 5.41) is 12.9. The number of carboxylic acid groups (broad SMARTS) is 1. The molecule has 0 spiro atoms. The van der Waals surface area contributed by atoms with E-state index in [0.29, 0.717) is 23.0 Å². The van der Waals surface area contributed by atoms with Crippen molar-refractivity contribution < 1.29 is 19.5 Å². The van der Waals surface area contributed by atoms with Gasteiger partial charge in [-0.05, 0) is 32.0 Å². The lowest BCUT2D eigenvalue weighted by Gasteiger charge is -2.34. The van der Waals surface area contributed by atoms with Gasteiger partial charge in [-0.2, -0.15) is 0 Å². The molecule has 3 N–H and O–H groups in total. The quantitative estimate of drug-likeness (QED) is 0.813. The molecular formula is C17H18N4O4. The molecule has 130 valence electrons. The Kier molecular flexibility index (Phi) is 4.03. The highest BCUT2D eigenvalue weighted by atomic mass is 16.6. The highest BCUT2D eigenvalue weighted by Crippen LogP contribution is 2.45. The minimum Gasteiger partial charge on any atom is -0.497 e. The second-order valence-corrected chi connectivity index (χ2v) is 6.13. The van der Waals surface area contributed by atoms with Gasteiger partial charge in [0.25, 0.3) is 0 Å². The lowest BCUT2D eigenvalue weighted by atomic mass is 9.70. The van der Waals surface area contributed by atoms with Gasteiger partial charge in [0.15, 0.2) is 0 Å². The standard InChI is InChI=1S/C17H18N4O4/c1-17(2)13-14(19-8-20-16(13)18)10-5-4-9(24-3)6-11(10)15(17)21-25-7-12(22)23/h4-6,8H,7H2,1-3H3,(H,22,23)(H2,18,19,20)/b21-15+. The Bertz CT molecular complexity index is 877. The third kappa shape index (κ3) is 2.75. The molecular weight excluding hydrogens is 324 g/mol. The first-order valence-electron chi connectivity index (χ1n) is 7.58. The maximum Gasteiger partial charge on any atom is 0.344 e. The zero-order valence-corrected chi connectivity index (χ0v) is 14.1. The Balaban J connectivity index is 2.26. The number of nitrogen functional groups attached to an aromatic ring is 1. The summed E-state index contributed by atoms with van der Waals surface area (Å²) in [7, 11) is 1.57. The number of anilines is 1. The van der Waals surface area contributed by atoms with Crippen molar-refractivity contribution in [1.82, 2.24) is 9.97 Å². The monoisotopic (exact) mass is 342 g/mol. The number of ether oxygens (including phenoxy) is 1. The molecule has 2 aromatic rings. The van der Waals surface area contributed by atoms with Crippen LogP contribution < -0.4 is 10.5 Å². The van der Waals surface area contributed by atoms with Gasteiger partial charge >= 0.3 is 5.97 Å². The van der Waals surface area contributed by atoms with Crippen molar-refractivity contribution in [3.8, 4) is 17.0 Å². The van der Waals surface area contributed by atoms with E-state index in [1.165, 1.54) is 6.33 Å². The van der Waals surface area contributed by atoms with Crippen molar-refractivity contribution in [1.29, 1.82) is 0 Å². The first-order valence-corrected chi connectivity index (χ1v) is 7.58. The van der Waals surface area contributed by atoms with Crippen LogP contribution in [0, 0.1) is 0 Å². The van der Waals surface area contributed by atoms with E-state index >= 15 is 0 Å². The fourth-order valence-corrected chi connectivity index (χ4v) is 3.04. The number of fused-ring (bicyclic) bond motifs is 3. The summed E-state index contributed by atoms with van der Waals surface area (Å²) in [5.41, 5.74) is 8.96. The van der Waals surface area contributed by atoms with Gasteiger partial charge in [-0.1, -0.05) is 5.16 Å². The molecule has 0 atom stereocenters. The molecule has 0 saturated heterocycles. The third-order valence-corrected chi connectivity index (χ3v) is 4.17. The average molecular weight is 342 g/mol. The van der Waals surface area contributed by atoms with Gasteiger partial charge in [-0.25, -0.2) is 14.8 Å². The predicted molar refractivity (Wildman–Crippen MR) is 91.6 cm³/mol. The Morgan fingerprint density at radius 3 is 2.76 bits per heavy atom. The predicted octanol–water partition coefficient (Wildman–Crippen LogP) is 1.83. The van der Waals surface area contributed by atoms with E-state index in [4.69, 9.17) is 20.4 Å². The number of aliphatic carboxylic acids is 1. The number of methoxy groups -OCH3 is 1. The molecule has 0 fully saturated rings. The van der Waals surface area contributed by atoms with Gasteiger partial charge in [0.2, 0.25) is 6.61 Å². The summed E-state index contributed by atoms with van der Waals surface area (Å²) in [6.07, 6.45) is 1.42. The molecule has 1 aromatic heterocycles. The van der Waals surface area contributed by atoms with Gasteiger partial charge in [0.05, 0.1) is 18.5 Å². The Morgan fingerprint density at radius 1 is 1.32 bits per heavy atom. The molecule has 25 heavy (non-hydrogen) atoms. The Morgan fingerprint density at radius 2 is 2.08 bits per heavy atom. The number of carboxylic acids is 1. The van der Waals surface area contributed by atoms with Crippen LogP contribution in [0.4, 0.5) is 5.82 Å². The molecule has 0 saturated carbocycles. The van der Waals surface area contributed by atoms with Crippen LogP contribution in [-0.4, -0.2) is 40.5 Å². The average Bonchev–Trinajstić information content (AvgIpc) is 2.56. The summed E-state index contributed by atoms with van der Waals surface area (Å²) in [6.45, 7) is 3.29. The number of rotatable bonds is 4. The van der Waals surface area contributed by atoms with Crippen molar-refractivity contribution in [2.75, 3.05) is 19.5 Å². The zero-order chi connectivity index (χ0) is 18.2. The second kappa shape index (κ2) is 6.04. The summed E-state index contributed by atoms with van der Waals surface area (Å²) in [4.78, 5) is 24.3. The normalized spacial score (nSPS) is 16.0. The maximum absolute atomic E-state index is 10.7. The minimum absolute atomic E-state index is 0.349. The fraction of sp³-hybridized carbons (Fsp3) is 0.294. The number of hydrogen-bond acceptors (Lipinski definition) is 7. The van der Waals surface area contributed by atoms with Gasteiger partial charge in [0, 0.05) is 22.1 Å². The summed E-state index contributed by atoms with van der Waals surface area (Å²) < 4.78 is 5.30. The molecule has 0 aliphatic heterocycles. The maximum atomic E-state index is 10.7. The number of benzene rings is 1. The first kappa shape index (κ1) is 16.7. The second-order valence-electron chi connectivity index (χ2n) is 6.13. The molecule has 1 aromatic carbocycles. The molecule has 8 nitrogen and oxygen atoms in total. The Hall–Kier alpha value is -3.16. The van der Waals surface area contributed by atoms with Crippen LogP contribution in [0.15, 0.2) is 29.7 Å². The van der Waals surface area contributed by atoms with Gasteiger partial charge in [-0.15, -0.1) is 0 Å². The first-order chi connectivity index (χ1) is 11.9. The van der Waals surface area contributed by atoms with Crippen LogP contribution in [0.25, 0.3) is 11.3 Å². The molecule has 0 amide bonds. The molecule has 1 heterocycles. The van der Waals surface area contributed by atoms with Crippen molar-refractivity contribution in [3.63, 3.8) is 0 Å². The molecule has 1 aliphatic carbocycles. The van der Waals surface area contributed by atoms with Crippen LogP contribution in [-0.2, 0) is 15.0 Å². The molecule has 0 radical (unpaired) electrons. The molecule has 8 heteroatoms. The van der Waals surface area contributed by atoms with Gasteiger partial charge in [-0.3, -0.25) is 0 Å². The molecule has 0 unspecified atom stereocenters. The van der Waals surface area contributed by atoms with E-state index in [9.17, 15) is 4.79 Å². The van der Waals surface area contributed by atoms with E-state index in [-0.39, 0.29) is 0 Å². The van der Waals surface area contributed by atoms with E-state index in [1.54, 1.807) is 7.11 Å². The highest BCUT2D eigenvalue weighted by Gasteiger charge is 2.40. The largest absolute Gasteiger partial charge is 0.497 e.